The highest BCUT2D eigenvalue weighted by Crippen LogP contribution is 2.34. The fraction of sp³-hybridized carbons (Fsp3) is 0.333. The molecular weight excluding hydrogens is 401 g/mol. The van der Waals surface area contributed by atoms with Crippen molar-refractivity contribution < 1.29 is 14.3 Å². The number of imide groups is 1. The van der Waals surface area contributed by atoms with Gasteiger partial charge in [-0.1, -0.05) is 13.0 Å². The summed E-state index contributed by atoms with van der Waals surface area (Å²) in [6.07, 6.45) is 2.51. The van der Waals surface area contributed by atoms with Crippen molar-refractivity contribution in [2.75, 3.05) is 7.11 Å². The van der Waals surface area contributed by atoms with Crippen LogP contribution in [0.25, 0.3) is 6.08 Å². The quantitative estimate of drug-likeness (QED) is 0.546. The van der Waals surface area contributed by atoms with Crippen LogP contribution in [0.5, 0.6) is 5.75 Å². The molecule has 0 bridgehead atoms. The second-order valence-corrected chi connectivity index (χ2v) is 6.86. The summed E-state index contributed by atoms with van der Waals surface area (Å²) in [7, 11) is 1.62. The third-order valence-corrected chi connectivity index (χ3v) is 5.06. The minimum atomic E-state index is -0.204. The van der Waals surface area contributed by atoms with Crippen molar-refractivity contribution in [3.8, 4) is 5.75 Å². The number of rotatable bonds is 4. The Hall–Kier alpha value is -1.02. The van der Waals surface area contributed by atoms with Crippen molar-refractivity contribution >= 4 is 51.6 Å². The maximum absolute atomic E-state index is 12.3. The van der Waals surface area contributed by atoms with E-state index in [0.29, 0.717) is 4.91 Å². The molecule has 1 aliphatic rings. The minimum absolute atomic E-state index is 0.0700. The Morgan fingerprint density at radius 3 is 2.71 bits per heavy atom. The molecule has 0 radical (unpaired) electrons. The first-order chi connectivity index (χ1) is 9.97. The van der Waals surface area contributed by atoms with Crippen LogP contribution in [-0.2, 0) is 4.79 Å². The van der Waals surface area contributed by atoms with Crippen LogP contribution in [0.3, 0.4) is 0 Å². The van der Waals surface area contributed by atoms with E-state index in [2.05, 4.69) is 22.6 Å². The lowest BCUT2D eigenvalue weighted by molar-refractivity contribution is -0.124. The van der Waals surface area contributed by atoms with Gasteiger partial charge >= 0.3 is 0 Å². The summed E-state index contributed by atoms with van der Waals surface area (Å²) in [6.45, 7) is 3.85. The second-order valence-electron chi connectivity index (χ2n) is 4.70. The average molecular weight is 417 g/mol. The van der Waals surface area contributed by atoms with E-state index in [1.54, 1.807) is 13.2 Å². The summed E-state index contributed by atoms with van der Waals surface area (Å²) in [5, 5.41) is -0.191. The third kappa shape index (κ3) is 3.42. The van der Waals surface area contributed by atoms with Gasteiger partial charge in [-0.25, -0.2) is 0 Å². The van der Waals surface area contributed by atoms with E-state index < -0.39 is 0 Å². The molecule has 21 heavy (non-hydrogen) atoms. The summed E-state index contributed by atoms with van der Waals surface area (Å²) >= 11 is 3.18. The summed E-state index contributed by atoms with van der Waals surface area (Å²) in [6, 6.07) is 5.58. The van der Waals surface area contributed by atoms with Gasteiger partial charge in [0, 0.05) is 6.04 Å². The molecule has 1 aliphatic heterocycles. The number of benzene rings is 1. The van der Waals surface area contributed by atoms with Gasteiger partial charge in [0.1, 0.15) is 5.75 Å². The van der Waals surface area contributed by atoms with Gasteiger partial charge in [0.05, 0.1) is 15.6 Å². The van der Waals surface area contributed by atoms with Crippen LogP contribution in [0.15, 0.2) is 23.1 Å². The van der Waals surface area contributed by atoms with Crippen LogP contribution in [-0.4, -0.2) is 29.2 Å². The van der Waals surface area contributed by atoms with Crippen LogP contribution in [0.2, 0.25) is 0 Å². The fourth-order valence-electron chi connectivity index (χ4n) is 1.97. The summed E-state index contributed by atoms with van der Waals surface area (Å²) < 4.78 is 6.17. The Labute approximate surface area is 142 Å². The number of carbonyl (C=O) groups excluding carboxylic acids is 2. The molecule has 1 aromatic rings. The van der Waals surface area contributed by atoms with Crippen molar-refractivity contribution in [2.45, 2.75) is 26.3 Å². The number of hydrogen-bond acceptors (Lipinski definition) is 4. The van der Waals surface area contributed by atoms with Gasteiger partial charge in [-0.05, 0) is 71.5 Å². The summed E-state index contributed by atoms with van der Waals surface area (Å²) in [4.78, 5) is 26.1. The van der Waals surface area contributed by atoms with Crippen molar-refractivity contribution in [2.24, 2.45) is 0 Å². The van der Waals surface area contributed by atoms with Crippen molar-refractivity contribution in [3.63, 3.8) is 0 Å². The van der Waals surface area contributed by atoms with Gasteiger partial charge in [0.25, 0.3) is 11.1 Å². The van der Waals surface area contributed by atoms with Crippen molar-refractivity contribution in [1.82, 2.24) is 4.90 Å². The number of nitrogens with zero attached hydrogens (tertiary/aromatic N) is 1. The number of ether oxygens (including phenoxy) is 1. The zero-order valence-corrected chi connectivity index (χ0v) is 15.0. The molecule has 0 aliphatic carbocycles. The SMILES string of the molecule is CC[C@H](C)N1C(=O)S/C(=C/c2ccc(OC)c(I)c2)C1=O. The lowest BCUT2D eigenvalue weighted by atomic mass is 10.2. The van der Waals surface area contributed by atoms with Crippen molar-refractivity contribution in [3.05, 3.63) is 32.2 Å². The molecule has 0 saturated carbocycles. The molecule has 1 fully saturated rings. The Morgan fingerprint density at radius 2 is 2.14 bits per heavy atom. The highest BCUT2D eigenvalue weighted by molar-refractivity contribution is 14.1. The average Bonchev–Trinajstić information content (AvgIpc) is 2.73. The standard InChI is InChI=1S/C15H16INO3S/c1-4-9(2)17-14(18)13(21-15(17)19)8-10-5-6-12(20-3)11(16)7-10/h5-9H,4H2,1-3H3/b13-8+/t9-/m0/s1. The molecule has 112 valence electrons. The largest absolute Gasteiger partial charge is 0.496 e. The molecule has 1 atom stereocenters. The predicted molar refractivity (Wildman–Crippen MR) is 93.3 cm³/mol. The van der Waals surface area contributed by atoms with E-state index in [4.69, 9.17) is 4.74 Å². The Balaban J connectivity index is 2.28. The lowest BCUT2D eigenvalue weighted by Gasteiger charge is -2.19. The van der Waals surface area contributed by atoms with Crippen LogP contribution in [0.4, 0.5) is 4.79 Å². The maximum Gasteiger partial charge on any atom is 0.293 e. The maximum atomic E-state index is 12.3. The Morgan fingerprint density at radius 1 is 1.43 bits per heavy atom. The molecule has 1 aromatic carbocycles. The van der Waals surface area contributed by atoms with E-state index in [9.17, 15) is 9.59 Å². The van der Waals surface area contributed by atoms with E-state index in [0.717, 1.165) is 33.1 Å². The monoisotopic (exact) mass is 417 g/mol. The molecule has 0 N–H and O–H groups in total. The Bertz CT molecular complexity index is 615. The predicted octanol–water partition coefficient (Wildman–Crippen LogP) is 4.13. The Kier molecular flexibility index (Phi) is 5.32. The van der Waals surface area contributed by atoms with Gasteiger partial charge in [-0.2, -0.15) is 0 Å². The first-order valence-electron chi connectivity index (χ1n) is 6.58. The smallest absolute Gasteiger partial charge is 0.293 e. The van der Waals surface area contributed by atoms with Crippen LogP contribution < -0.4 is 4.74 Å². The number of methoxy groups -OCH3 is 1. The molecule has 2 rings (SSSR count). The first kappa shape index (κ1) is 16.4. The molecule has 6 heteroatoms. The zero-order chi connectivity index (χ0) is 15.6. The number of amides is 2. The zero-order valence-electron chi connectivity index (χ0n) is 12.1. The third-order valence-electron chi connectivity index (χ3n) is 3.33. The van der Waals surface area contributed by atoms with Gasteiger partial charge in [-0.3, -0.25) is 14.5 Å². The van der Waals surface area contributed by atoms with Gasteiger partial charge < -0.3 is 4.74 Å². The highest BCUT2D eigenvalue weighted by Gasteiger charge is 2.37. The molecule has 0 unspecified atom stereocenters. The molecule has 2 amide bonds. The summed E-state index contributed by atoms with van der Waals surface area (Å²) in [5.41, 5.74) is 0.884. The van der Waals surface area contributed by atoms with E-state index in [1.165, 1.54) is 4.90 Å². The number of halogens is 1. The molecule has 0 aromatic heterocycles. The number of hydrogen-bond donors (Lipinski definition) is 0. The molecule has 4 nitrogen and oxygen atoms in total. The molecule has 1 saturated heterocycles. The van der Waals surface area contributed by atoms with Gasteiger partial charge in [0.15, 0.2) is 0 Å². The van der Waals surface area contributed by atoms with E-state index >= 15 is 0 Å². The normalized spacial score (nSPS) is 18.5. The lowest BCUT2D eigenvalue weighted by Crippen LogP contribution is -2.36. The minimum Gasteiger partial charge on any atom is -0.496 e. The van der Waals surface area contributed by atoms with Gasteiger partial charge in [-0.15, -0.1) is 0 Å². The van der Waals surface area contributed by atoms with Crippen molar-refractivity contribution in [1.29, 1.82) is 0 Å². The van der Waals surface area contributed by atoms with Crippen LogP contribution >= 0.6 is 34.4 Å². The van der Waals surface area contributed by atoms with Gasteiger partial charge in [0.2, 0.25) is 0 Å². The fourth-order valence-corrected chi connectivity index (χ4v) is 3.66. The highest BCUT2D eigenvalue weighted by atomic mass is 127. The molecular formula is C15H16INO3S. The first-order valence-corrected chi connectivity index (χ1v) is 8.48. The second kappa shape index (κ2) is 6.83. The summed E-state index contributed by atoms with van der Waals surface area (Å²) in [5.74, 6) is 0.589. The van der Waals surface area contributed by atoms with Crippen LogP contribution in [0.1, 0.15) is 25.8 Å². The number of thioether (sulfide) groups is 1. The number of carbonyl (C=O) groups is 2. The van der Waals surface area contributed by atoms with Crippen LogP contribution in [0, 0.1) is 3.57 Å². The topological polar surface area (TPSA) is 46.6 Å². The molecule has 1 heterocycles. The van der Waals surface area contributed by atoms with E-state index in [1.807, 2.05) is 32.0 Å². The molecule has 0 spiro atoms. The van der Waals surface area contributed by atoms with E-state index in [-0.39, 0.29) is 17.2 Å².